The second-order valence-electron chi connectivity index (χ2n) is 4.01. The molecule has 1 amide bonds. The van der Waals surface area contributed by atoms with Gasteiger partial charge in [0.1, 0.15) is 6.54 Å². The average Bonchev–Trinajstić information content (AvgIpc) is 2.37. The molecule has 6 nitrogen and oxygen atoms in total. The van der Waals surface area contributed by atoms with E-state index < -0.39 is 17.8 Å². The number of carboxylic acids is 1. The summed E-state index contributed by atoms with van der Waals surface area (Å²) >= 11 is 0. The molecule has 0 atom stereocenters. The Kier molecular flexibility index (Phi) is 4.63. The van der Waals surface area contributed by atoms with Crippen LogP contribution < -0.4 is 5.32 Å². The van der Waals surface area contributed by atoms with Crippen molar-refractivity contribution in [2.45, 2.75) is 13.8 Å². The molecule has 0 bridgehead atoms. The van der Waals surface area contributed by atoms with Crippen LogP contribution in [-0.2, 0) is 9.53 Å². The first-order valence-electron chi connectivity index (χ1n) is 5.57. The van der Waals surface area contributed by atoms with Crippen molar-refractivity contribution in [3.05, 3.63) is 34.4 Å². The van der Waals surface area contributed by atoms with Crippen LogP contribution in [0.3, 0.4) is 0 Å². The van der Waals surface area contributed by atoms with Crippen molar-refractivity contribution in [3.63, 3.8) is 0 Å². The van der Waals surface area contributed by atoms with E-state index in [2.05, 4.69) is 10.1 Å². The van der Waals surface area contributed by atoms with Crippen molar-refractivity contribution in [3.8, 4) is 0 Å². The highest BCUT2D eigenvalue weighted by atomic mass is 16.5. The zero-order valence-electron chi connectivity index (χ0n) is 10.9. The number of carboxylic acid groups (broad SMARTS) is 1. The Bertz CT molecular complexity index is 536. The molecule has 1 aromatic rings. The fourth-order valence-corrected chi connectivity index (χ4v) is 1.69. The highest BCUT2D eigenvalue weighted by Gasteiger charge is 2.21. The molecule has 0 aliphatic heterocycles. The predicted molar refractivity (Wildman–Crippen MR) is 67.2 cm³/mol. The van der Waals surface area contributed by atoms with Gasteiger partial charge >= 0.3 is 11.9 Å². The van der Waals surface area contributed by atoms with Gasteiger partial charge in [-0.05, 0) is 25.0 Å². The molecular weight excluding hydrogens is 250 g/mol. The summed E-state index contributed by atoms with van der Waals surface area (Å²) in [5.41, 5.74) is 1.03. The monoisotopic (exact) mass is 265 g/mol. The predicted octanol–water partition coefficient (Wildman–Crippen LogP) is 0.904. The molecule has 0 heterocycles. The number of benzene rings is 1. The van der Waals surface area contributed by atoms with E-state index in [9.17, 15) is 19.5 Å². The van der Waals surface area contributed by atoms with Crippen LogP contribution in [0.5, 0.6) is 0 Å². The molecule has 0 saturated heterocycles. The van der Waals surface area contributed by atoms with Gasteiger partial charge in [-0.25, -0.2) is 4.79 Å². The van der Waals surface area contributed by atoms with E-state index in [0.29, 0.717) is 11.1 Å². The van der Waals surface area contributed by atoms with E-state index >= 15 is 0 Å². The number of esters is 1. The molecule has 0 aliphatic rings. The maximum absolute atomic E-state index is 12.0. The summed E-state index contributed by atoms with van der Waals surface area (Å²) < 4.78 is 4.40. The third kappa shape index (κ3) is 3.31. The zero-order chi connectivity index (χ0) is 14.6. The number of aryl methyl sites for hydroxylation is 2. The Labute approximate surface area is 110 Å². The molecule has 0 spiro atoms. The van der Waals surface area contributed by atoms with Crippen molar-refractivity contribution in [1.82, 2.24) is 5.32 Å². The van der Waals surface area contributed by atoms with E-state index in [-0.39, 0.29) is 17.7 Å². The molecule has 102 valence electrons. The number of hydrogen-bond acceptors (Lipinski definition) is 4. The summed E-state index contributed by atoms with van der Waals surface area (Å²) in [6, 6.07) is 3.30. The molecule has 0 radical (unpaired) electrons. The smallest absolute Gasteiger partial charge is 0.336 e. The Morgan fingerprint density at radius 1 is 1.16 bits per heavy atom. The van der Waals surface area contributed by atoms with Crippen LogP contribution in [0.4, 0.5) is 0 Å². The molecule has 6 heteroatoms. The maximum atomic E-state index is 12.0. The van der Waals surface area contributed by atoms with E-state index in [0.717, 1.165) is 0 Å². The van der Waals surface area contributed by atoms with Crippen molar-refractivity contribution >= 4 is 17.8 Å². The molecule has 0 aliphatic carbocycles. The molecule has 0 saturated carbocycles. The van der Waals surface area contributed by atoms with Gasteiger partial charge in [-0.1, -0.05) is 12.1 Å². The van der Waals surface area contributed by atoms with Crippen LogP contribution in [0.2, 0.25) is 0 Å². The third-order valence-electron chi connectivity index (χ3n) is 2.68. The largest absolute Gasteiger partial charge is 0.478 e. The van der Waals surface area contributed by atoms with Gasteiger partial charge in [0.2, 0.25) is 0 Å². The molecule has 0 unspecified atom stereocenters. The lowest BCUT2D eigenvalue weighted by atomic mass is 9.96. The fraction of sp³-hybridized carbons (Fsp3) is 0.308. The highest BCUT2D eigenvalue weighted by molar-refractivity contribution is 6.07. The van der Waals surface area contributed by atoms with Gasteiger partial charge in [0, 0.05) is 0 Å². The first-order valence-corrected chi connectivity index (χ1v) is 5.57. The van der Waals surface area contributed by atoms with Crippen LogP contribution in [0.25, 0.3) is 0 Å². The van der Waals surface area contributed by atoms with Gasteiger partial charge in [0.25, 0.3) is 5.91 Å². The van der Waals surface area contributed by atoms with Crippen LogP contribution in [-0.4, -0.2) is 36.6 Å². The number of nitrogens with one attached hydrogen (secondary N) is 1. The van der Waals surface area contributed by atoms with Crippen molar-refractivity contribution < 1.29 is 24.2 Å². The number of amides is 1. The first kappa shape index (κ1) is 14.7. The van der Waals surface area contributed by atoms with Crippen molar-refractivity contribution in [1.29, 1.82) is 0 Å². The number of hydrogen-bond donors (Lipinski definition) is 2. The number of rotatable bonds is 4. The summed E-state index contributed by atoms with van der Waals surface area (Å²) in [6.45, 7) is 2.95. The summed E-state index contributed by atoms with van der Waals surface area (Å²) in [7, 11) is 1.20. The molecule has 1 rings (SSSR count). The number of ether oxygens (including phenoxy) is 1. The Balaban J connectivity index is 3.11. The number of aromatic carboxylic acids is 1. The molecule has 2 N–H and O–H groups in total. The number of carbonyl (C=O) groups excluding carboxylic acids is 2. The summed E-state index contributed by atoms with van der Waals surface area (Å²) in [5, 5.41) is 11.5. The second kappa shape index (κ2) is 5.99. The van der Waals surface area contributed by atoms with E-state index in [1.54, 1.807) is 26.0 Å². The Morgan fingerprint density at radius 3 is 2.16 bits per heavy atom. The molecule has 0 aromatic heterocycles. The van der Waals surface area contributed by atoms with Gasteiger partial charge in [0.05, 0.1) is 18.2 Å². The maximum Gasteiger partial charge on any atom is 0.336 e. The van der Waals surface area contributed by atoms with Crippen LogP contribution in [0.1, 0.15) is 31.8 Å². The van der Waals surface area contributed by atoms with Crippen LogP contribution in [0, 0.1) is 13.8 Å². The van der Waals surface area contributed by atoms with Gasteiger partial charge in [-0.3, -0.25) is 9.59 Å². The minimum absolute atomic E-state index is 0.0534. The standard InChI is InChI=1S/C13H15NO5/c1-7-4-5-8(2)11(13(17)18)10(7)12(16)14-6-9(15)19-3/h4-5H,6H2,1-3H3,(H,14,16)(H,17,18). The summed E-state index contributed by atoms with van der Waals surface area (Å²) in [4.78, 5) is 34.2. The van der Waals surface area contributed by atoms with E-state index in [1.165, 1.54) is 7.11 Å². The zero-order valence-corrected chi connectivity index (χ0v) is 10.9. The van der Waals surface area contributed by atoms with E-state index in [4.69, 9.17) is 0 Å². The van der Waals surface area contributed by atoms with Crippen molar-refractivity contribution in [2.24, 2.45) is 0 Å². The topological polar surface area (TPSA) is 92.7 Å². The molecule has 19 heavy (non-hydrogen) atoms. The van der Waals surface area contributed by atoms with Gasteiger partial charge < -0.3 is 15.2 Å². The summed E-state index contributed by atoms with van der Waals surface area (Å²) in [5.74, 6) is -2.39. The highest BCUT2D eigenvalue weighted by Crippen LogP contribution is 2.18. The van der Waals surface area contributed by atoms with Crippen molar-refractivity contribution in [2.75, 3.05) is 13.7 Å². The fourth-order valence-electron chi connectivity index (χ4n) is 1.69. The minimum atomic E-state index is -1.18. The summed E-state index contributed by atoms with van der Waals surface area (Å²) in [6.07, 6.45) is 0. The van der Waals surface area contributed by atoms with Crippen LogP contribution in [0.15, 0.2) is 12.1 Å². The average molecular weight is 265 g/mol. The Morgan fingerprint density at radius 2 is 1.68 bits per heavy atom. The van der Waals surface area contributed by atoms with E-state index in [1.807, 2.05) is 0 Å². The number of methoxy groups -OCH3 is 1. The SMILES string of the molecule is COC(=O)CNC(=O)c1c(C)ccc(C)c1C(=O)O. The lowest BCUT2D eigenvalue weighted by molar-refractivity contribution is -0.139. The van der Waals surface area contributed by atoms with Gasteiger partial charge in [-0.2, -0.15) is 0 Å². The normalized spacial score (nSPS) is 9.84. The first-order chi connectivity index (χ1) is 8.88. The molecule has 1 aromatic carbocycles. The Hall–Kier alpha value is -2.37. The number of carbonyl (C=O) groups is 3. The van der Waals surface area contributed by atoms with Gasteiger partial charge in [0.15, 0.2) is 0 Å². The van der Waals surface area contributed by atoms with Gasteiger partial charge in [-0.15, -0.1) is 0 Å². The quantitative estimate of drug-likeness (QED) is 0.789. The second-order valence-corrected chi connectivity index (χ2v) is 4.01. The van der Waals surface area contributed by atoms with Crippen LogP contribution >= 0.6 is 0 Å². The molecule has 0 fully saturated rings. The lowest BCUT2D eigenvalue weighted by Crippen LogP contribution is -2.32. The third-order valence-corrected chi connectivity index (χ3v) is 2.68. The minimum Gasteiger partial charge on any atom is -0.478 e. The lowest BCUT2D eigenvalue weighted by Gasteiger charge is -2.12. The molecular formula is C13H15NO5.